The van der Waals surface area contributed by atoms with Crippen LogP contribution in [-0.4, -0.2) is 155 Å². The molecule has 11 N–H and O–H groups in total. The van der Waals surface area contributed by atoms with Gasteiger partial charge in [0.25, 0.3) is 5.56 Å². The van der Waals surface area contributed by atoms with Crippen LogP contribution in [0.15, 0.2) is 21.9 Å². The highest BCUT2D eigenvalue weighted by Gasteiger charge is 2.53. The SMILES string of the molecule is CCCCCCCC(=O)NC1C(O[C@@H]2OC(C[C@@H](O)[C@H]3O[C@@H](n4ccc(=O)[nH]c4=O)[C@H](O)[C@@H]3O)C(O)C(O)[C@H]2NC(=O)CCCCCCC)O[C@@H](CO)[C@@H](O)C1O. The van der Waals surface area contributed by atoms with E-state index >= 15 is 0 Å². The highest BCUT2D eigenvalue weighted by atomic mass is 16.8. The molecule has 20 nitrogen and oxygen atoms in total. The maximum absolute atomic E-state index is 13.1. The summed E-state index contributed by atoms with van der Waals surface area (Å²) < 4.78 is 24.4. The van der Waals surface area contributed by atoms with Crippen LogP contribution < -0.4 is 21.9 Å². The van der Waals surface area contributed by atoms with Crippen LogP contribution >= 0.6 is 0 Å². The van der Waals surface area contributed by atoms with E-state index < -0.39 is 128 Å². The number of H-pyrrole nitrogens is 1. The molecular formula is C37H62N4O16. The molecule has 57 heavy (non-hydrogen) atoms. The number of amides is 2. The second kappa shape index (κ2) is 22.5. The fourth-order valence-corrected chi connectivity index (χ4v) is 7.41. The van der Waals surface area contributed by atoms with E-state index in [4.69, 9.17) is 18.9 Å². The van der Waals surface area contributed by atoms with Gasteiger partial charge in [0.05, 0.1) is 18.8 Å². The maximum atomic E-state index is 13.1. The lowest BCUT2D eigenvalue weighted by Crippen LogP contribution is -2.69. The normalized spacial score (nSPS) is 34.8. The summed E-state index contributed by atoms with van der Waals surface area (Å²) in [4.78, 5) is 52.1. The number of rotatable bonds is 21. The third-order valence-electron chi connectivity index (χ3n) is 10.8. The Morgan fingerprint density at radius 1 is 0.737 bits per heavy atom. The number of unbranched alkanes of at least 4 members (excludes halogenated alkanes) is 8. The van der Waals surface area contributed by atoms with Crippen LogP contribution in [0.2, 0.25) is 0 Å². The van der Waals surface area contributed by atoms with Crippen molar-refractivity contribution in [1.82, 2.24) is 20.2 Å². The number of aliphatic hydroxyl groups excluding tert-OH is 8. The average Bonchev–Trinajstić information content (AvgIpc) is 3.47. The third-order valence-corrected chi connectivity index (χ3v) is 10.8. The summed E-state index contributed by atoms with van der Waals surface area (Å²) >= 11 is 0. The summed E-state index contributed by atoms with van der Waals surface area (Å²) in [6.45, 7) is 3.35. The fourth-order valence-electron chi connectivity index (χ4n) is 7.41. The summed E-state index contributed by atoms with van der Waals surface area (Å²) in [6, 6.07) is -1.93. The Hall–Kier alpha value is -2.86. The van der Waals surface area contributed by atoms with Gasteiger partial charge in [-0.15, -0.1) is 0 Å². The Bertz CT molecular complexity index is 1510. The van der Waals surface area contributed by atoms with Crippen LogP contribution in [0.25, 0.3) is 0 Å². The lowest BCUT2D eigenvalue weighted by molar-refractivity contribution is -0.347. The predicted octanol–water partition coefficient (Wildman–Crippen LogP) is -2.50. The van der Waals surface area contributed by atoms with E-state index in [9.17, 15) is 60.0 Å². The van der Waals surface area contributed by atoms with Crippen molar-refractivity contribution in [2.75, 3.05) is 6.61 Å². The van der Waals surface area contributed by atoms with Crippen molar-refractivity contribution in [3.63, 3.8) is 0 Å². The van der Waals surface area contributed by atoms with Crippen LogP contribution in [0.5, 0.6) is 0 Å². The standard InChI is InChI=1S/C37H62N4O16/c1-3-5-7-9-11-13-22(44)38-25-29(49)27(47)20(17-19(43)33-31(51)32(52)34(56-33)41-16-15-24(46)40-37(41)53)54-35(25)57-36-26(30(50)28(48)21(18-42)55-36)39-23(45)14-12-10-8-6-4-2/h15-16,19-21,25-36,42-43,47-52H,3-14,17-18H2,1-2H3,(H,38,44)(H,39,45)(H,40,46,53)/t19-,20?,21+,25-,26?,27?,28-,29?,30?,31+,32-,33-,34-,35+,36?/m1/s1. The summed E-state index contributed by atoms with van der Waals surface area (Å²) in [5.41, 5.74) is -1.67. The first-order valence-corrected chi connectivity index (χ1v) is 20.1. The molecule has 15 atom stereocenters. The Labute approximate surface area is 330 Å². The van der Waals surface area contributed by atoms with Crippen molar-refractivity contribution < 1.29 is 69.4 Å². The Kier molecular flexibility index (Phi) is 18.5. The van der Waals surface area contributed by atoms with Crippen molar-refractivity contribution >= 4 is 11.8 Å². The van der Waals surface area contributed by atoms with Crippen molar-refractivity contribution in [2.24, 2.45) is 0 Å². The van der Waals surface area contributed by atoms with Crippen molar-refractivity contribution in [3.05, 3.63) is 33.1 Å². The van der Waals surface area contributed by atoms with Gasteiger partial charge in [-0.1, -0.05) is 65.2 Å². The molecule has 326 valence electrons. The molecule has 20 heteroatoms. The molecule has 6 unspecified atom stereocenters. The Morgan fingerprint density at radius 3 is 1.75 bits per heavy atom. The Morgan fingerprint density at radius 2 is 1.25 bits per heavy atom. The fraction of sp³-hybridized carbons (Fsp3) is 0.838. The van der Waals surface area contributed by atoms with Crippen molar-refractivity contribution in [1.29, 1.82) is 0 Å². The first-order valence-electron chi connectivity index (χ1n) is 20.1. The largest absolute Gasteiger partial charge is 0.394 e. The summed E-state index contributed by atoms with van der Waals surface area (Å²) in [5.74, 6) is -1.00. The first-order chi connectivity index (χ1) is 27.2. The van der Waals surface area contributed by atoms with Gasteiger partial charge in [-0.3, -0.25) is 23.9 Å². The second-order valence-corrected chi connectivity index (χ2v) is 15.2. The molecule has 0 radical (unpaired) electrons. The van der Waals surface area contributed by atoms with Gasteiger partial charge in [-0.05, 0) is 12.8 Å². The van der Waals surface area contributed by atoms with Gasteiger partial charge in [0.1, 0.15) is 60.9 Å². The number of carbonyl (C=O) groups is 2. The number of hydrogen-bond acceptors (Lipinski definition) is 16. The van der Waals surface area contributed by atoms with Gasteiger partial charge in [0.2, 0.25) is 11.8 Å². The van der Waals surface area contributed by atoms with Crippen LogP contribution in [0, 0.1) is 0 Å². The molecule has 4 heterocycles. The molecule has 2 amide bonds. The number of nitrogens with zero attached hydrogens (tertiary/aromatic N) is 1. The van der Waals surface area contributed by atoms with Gasteiger partial charge in [-0.2, -0.15) is 0 Å². The van der Waals surface area contributed by atoms with Gasteiger partial charge >= 0.3 is 5.69 Å². The van der Waals surface area contributed by atoms with E-state index in [1.807, 2.05) is 4.98 Å². The van der Waals surface area contributed by atoms with E-state index in [-0.39, 0.29) is 12.8 Å². The zero-order chi connectivity index (χ0) is 41.8. The van der Waals surface area contributed by atoms with Gasteiger partial charge in [0.15, 0.2) is 18.8 Å². The molecule has 3 fully saturated rings. The molecule has 1 aromatic heterocycles. The minimum absolute atomic E-state index is 0.0606. The smallest absolute Gasteiger partial charge is 0.330 e. The van der Waals surface area contributed by atoms with Crippen molar-refractivity contribution in [3.8, 4) is 0 Å². The molecule has 0 bridgehead atoms. The minimum Gasteiger partial charge on any atom is -0.394 e. The predicted molar refractivity (Wildman–Crippen MR) is 198 cm³/mol. The van der Waals surface area contributed by atoms with Gasteiger partial charge in [0, 0.05) is 31.5 Å². The highest BCUT2D eigenvalue weighted by Crippen LogP contribution is 2.34. The quantitative estimate of drug-likeness (QED) is 0.0572. The topological polar surface area (TPSA) is 312 Å². The van der Waals surface area contributed by atoms with Crippen LogP contribution in [0.3, 0.4) is 0 Å². The number of aromatic nitrogens is 2. The molecule has 3 saturated heterocycles. The Balaban J connectivity index is 1.55. The van der Waals surface area contributed by atoms with E-state index in [0.29, 0.717) is 12.8 Å². The third kappa shape index (κ3) is 12.3. The number of aliphatic hydroxyl groups is 8. The maximum Gasteiger partial charge on any atom is 0.330 e. The highest BCUT2D eigenvalue weighted by molar-refractivity contribution is 5.76. The number of carbonyl (C=O) groups excluding carboxylic acids is 2. The van der Waals surface area contributed by atoms with Crippen LogP contribution in [0.1, 0.15) is 104 Å². The summed E-state index contributed by atoms with van der Waals surface area (Å²) in [6.07, 6.45) is -12.5. The first kappa shape index (κ1) is 46.8. The molecule has 0 saturated carbocycles. The number of ether oxygens (including phenoxy) is 4. The monoisotopic (exact) mass is 818 g/mol. The number of aromatic amines is 1. The summed E-state index contributed by atoms with van der Waals surface area (Å²) in [5, 5.41) is 92.4. The average molecular weight is 819 g/mol. The molecule has 1 aromatic rings. The zero-order valence-corrected chi connectivity index (χ0v) is 32.5. The van der Waals surface area contributed by atoms with E-state index in [1.165, 1.54) is 0 Å². The lowest BCUT2D eigenvalue weighted by atomic mass is 9.91. The van der Waals surface area contributed by atoms with Crippen molar-refractivity contribution in [2.45, 2.75) is 189 Å². The molecule has 0 aromatic carbocycles. The molecule has 3 aliphatic rings. The molecule has 4 rings (SSSR count). The molecule has 0 aliphatic carbocycles. The minimum atomic E-state index is -1.82. The lowest BCUT2D eigenvalue weighted by Gasteiger charge is -2.47. The van der Waals surface area contributed by atoms with Crippen LogP contribution in [0.4, 0.5) is 0 Å². The van der Waals surface area contributed by atoms with E-state index in [1.54, 1.807) is 0 Å². The van der Waals surface area contributed by atoms with Crippen LogP contribution in [-0.2, 0) is 28.5 Å². The second-order valence-electron chi connectivity index (χ2n) is 15.2. The van der Waals surface area contributed by atoms with E-state index in [0.717, 1.165) is 68.2 Å². The van der Waals surface area contributed by atoms with Gasteiger partial charge in [-0.25, -0.2) is 4.79 Å². The molecular weight excluding hydrogens is 756 g/mol. The molecule has 0 spiro atoms. The summed E-state index contributed by atoms with van der Waals surface area (Å²) in [7, 11) is 0. The number of nitrogens with one attached hydrogen (secondary N) is 3. The zero-order valence-electron chi connectivity index (χ0n) is 32.5. The van der Waals surface area contributed by atoms with E-state index in [2.05, 4.69) is 24.5 Å². The number of hydrogen-bond donors (Lipinski definition) is 11. The molecule has 3 aliphatic heterocycles. The van der Waals surface area contributed by atoms with Gasteiger partial charge < -0.3 is 70.4 Å².